The molecular weight excluding hydrogens is 364 g/mol. The second-order valence-corrected chi connectivity index (χ2v) is 6.00. The summed E-state index contributed by atoms with van der Waals surface area (Å²) in [5, 5.41) is 10.7. The van der Waals surface area contributed by atoms with E-state index in [9.17, 15) is 4.79 Å². The Bertz CT molecular complexity index is 834. The van der Waals surface area contributed by atoms with Gasteiger partial charge in [-0.1, -0.05) is 5.16 Å². The minimum atomic E-state index is -0.399. The van der Waals surface area contributed by atoms with Crippen LogP contribution >= 0.6 is 15.9 Å². The van der Waals surface area contributed by atoms with Crippen LogP contribution in [0, 0.1) is 6.92 Å². The molecule has 0 aromatic carbocycles. The fraction of sp³-hybridized carbons (Fsp3) is 0.286. The zero-order chi connectivity index (χ0) is 16.4. The molecule has 3 heterocycles. The molecule has 3 aromatic heterocycles. The van der Waals surface area contributed by atoms with Gasteiger partial charge in [-0.25, -0.2) is 0 Å². The molecule has 0 spiro atoms. The van der Waals surface area contributed by atoms with E-state index in [0.29, 0.717) is 18.9 Å². The molecule has 0 unspecified atom stereocenters. The summed E-state index contributed by atoms with van der Waals surface area (Å²) in [5.41, 5.74) is 2.12. The Balaban J connectivity index is 1.61. The number of amides is 1. The van der Waals surface area contributed by atoms with E-state index in [1.807, 2.05) is 30.7 Å². The number of carbonyl (C=O) groups excluding carboxylic acids is 1. The van der Waals surface area contributed by atoms with E-state index in [2.05, 4.69) is 36.5 Å². The Morgan fingerprint density at radius 2 is 2.26 bits per heavy atom. The molecule has 1 amide bonds. The molecule has 0 aliphatic heterocycles. The van der Waals surface area contributed by atoms with Gasteiger partial charge < -0.3 is 14.4 Å². The lowest BCUT2D eigenvalue weighted by Crippen LogP contribution is -2.24. The molecule has 3 aromatic rings. The van der Waals surface area contributed by atoms with Gasteiger partial charge in [-0.15, -0.1) is 0 Å². The fourth-order valence-corrected chi connectivity index (χ4v) is 2.40. The monoisotopic (exact) mass is 378 g/mol. The molecule has 9 heteroatoms. The van der Waals surface area contributed by atoms with Crippen LogP contribution < -0.4 is 5.32 Å². The predicted octanol–water partition coefficient (Wildman–Crippen LogP) is 1.65. The average Bonchev–Trinajstić information content (AvgIpc) is 3.22. The van der Waals surface area contributed by atoms with Crippen LogP contribution in [0.1, 0.15) is 27.9 Å². The van der Waals surface area contributed by atoms with Gasteiger partial charge in [-0.3, -0.25) is 9.48 Å². The maximum atomic E-state index is 12.1. The van der Waals surface area contributed by atoms with Crippen molar-refractivity contribution >= 4 is 21.8 Å². The van der Waals surface area contributed by atoms with E-state index in [0.717, 1.165) is 15.9 Å². The maximum Gasteiger partial charge on any atom is 0.316 e. The quantitative estimate of drug-likeness (QED) is 0.728. The molecule has 1 N–H and O–H groups in total. The Labute approximate surface area is 140 Å². The Morgan fingerprint density at radius 1 is 1.43 bits per heavy atom. The second-order valence-electron chi connectivity index (χ2n) is 5.08. The number of nitrogens with zero attached hydrogens (tertiary/aromatic N) is 5. The van der Waals surface area contributed by atoms with Crippen LogP contribution in [-0.4, -0.2) is 30.4 Å². The van der Waals surface area contributed by atoms with Crippen molar-refractivity contribution in [1.29, 1.82) is 0 Å². The lowest BCUT2D eigenvalue weighted by atomic mass is 10.4. The standard InChI is InChI=1S/C14H15BrN6O2/c1-9-3-4-11(20(9)2)6-16-13(22)14-18-12(19-23-14)8-21-7-10(15)5-17-21/h3-5,7H,6,8H2,1-2H3,(H,16,22). The van der Waals surface area contributed by atoms with E-state index in [-0.39, 0.29) is 5.89 Å². The molecule has 0 saturated heterocycles. The van der Waals surface area contributed by atoms with Crippen molar-refractivity contribution in [3.05, 3.63) is 52.1 Å². The topological polar surface area (TPSA) is 90.8 Å². The summed E-state index contributed by atoms with van der Waals surface area (Å²) >= 11 is 3.31. The van der Waals surface area contributed by atoms with Gasteiger partial charge in [-0.05, 0) is 35.0 Å². The number of aromatic nitrogens is 5. The Kier molecular flexibility index (Phi) is 4.28. The smallest absolute Gasteiger partial charge is 0.316 e. The first kappa shape index (κ1) is 15.5. The molecule has 0 aliphatic carbocycles. The highest BCUT2D eigenvalue weighted by molar-refractivity contribution is 9.10. The summed E-state index contributed by atoms with van der Waals surface area (Å²) in [6.45, 7) is 2.73. The van der Waals surface area contributed by atoms with Crippen molar-refractivity contribution in [3.8, 4) is 0 Å². The second kappa shape index (κ2) is 6.37. The Morgan fingerprint density at radius 3 is 2.91 bits per heavy atom. The number of nitrogens with one attached hydrogen (secondary N) is 1. The van der Waals surface area contributed by atoms with Crippen LogP contribution in [0.3, 0.4) is 0 Å². The highest BCUT2D eigenvalue weighted by atomic mass is 79.9. The SMILES string of the molecule is Cc1ccc(CNC(=O)c2nc(Cn3cc(Br)cn3)no2)n1C. The first-order valence-corrected chi connectivity index (χ1v) is 7.72. The normalized spacial score (nSPS) is 10.9. The van der Waals surface area contributed by atoms with Gasteiger partial charge >= 0.3 is 11.8 Å². The van der Waals surface area contributed by atoms with E-state index in [1.54, 1.807) is 17.1 Å². The van der Waals surface area contributed by atoms with Crippen LogP contribution in [0.15, 0.2) is 33.5 Å². The average molecular weight is 379 g/mol. The third kappa shape index (κ3) is 3.50. The lowest BCUT2D eigenvalue weighted by Gasteiger charge is -2.05. The van der Waals surface area contributed by atoms with Gasteiger partial charge in [0.05, 0.1) is 17.2 Å². The molecular formula is C14H15BrN6O2. The predicted molar refractivity (Wildman–Crippen MR) is 84.6 cm³/mol. The molecule has 3 rings (SSSR count). The van der Waals surface area contributed by atoms with Crippen LogP contribution in [0.25, 0.3) is 0 Å². The van der Waals surface area contributed by atoms with Crippen molar-refractivity contribution in [1.82, 2.24) is 29.8 Å². The van der Waals surface area contributed by atoms with Crippen molar-refractivity contribution in [2.24, 2.45) is 7.05 Å². The third-order valence-electron chi connectivity index (χ3n) is 3.47. The van der Waals surface area contributed by atoms with Gasteiger partial charge in [0.25, 0.3) is 0 Å². The highest BCUT2D eigenvalue weighted by Crippen LogP contribution is 2.08. The molecule has 120 valence electrons. The summed E-state index contributed by atoms with van der Waals surface area (Å²) in [5.74, 6) is -0.0677. The molecule has 23 heavy (non-hydrogen) atoms. The minimum absolute atomic E-state index is 0.0582. The van der Waals surface area contributed by atoms with Crippen molar-refractivity contribution in [2.45, 2.75) is 20.0 Å². The van der Waals surface area contributed by atoms with Crippen molar-refractivity contribution < 1.29 is 9.32 Å². The summed E-state index contributed by atoms with van der Waals surface area (Å²) in [7, 11) is 1.95. The molecule has 0 aliphatic rings. The van der Waals surface area contributed by atoms with Crippen LogP contribution in [0.4, 0.5) is 0 Å². The number of carbonyl (C=O) groups is 1. The molecule has 0 saturated carbocycles. The zero-order valence-corrected chi connectivity index (χ0v) is 14.2. The molecule has 0 atom stereocenters. The number of halogens is 1. The van der Waals surface area contributed by atoms with Crippen LogP contribution in [0.5, 0.6) is 0 Å². The number of rotatable bonds is 5. The van der Waals surface area contributed by atoms with Gasteiger partial charge in [-0.2, -0.15) is 10.1 Å². The van der Waals surface area contributed by atoms with Gasteiger partial charge in [0.15, 0.2) is 5.82 Å². The first-order valence-electron chi connectivity index (χ1n) is 6.93. The third-order valence-corrected chi connectivity index (χ3v) is 3.88. The van der Waals surface area contributed by atoms with Crippen molar-refractivity contribution in [2.75, 3.05) is 0 Å². The van der Waals surface area contributed by atoms with Crippen LogP contribution in [0.2, 0.25) is 0 Å². The first-order chi connectivity index (χ1) is 11.0. The molecule has 8 nitrogen and oxygen atoms in total. The van der Waals surface area contributed by atoms with E-state index in [1.165, 1.54) is 0 Å². The van der Waals surface area contributed by atoms with E-state index in [4.69, 9.17) is 4.52 Å². The van der Waals surface area contributed by atoms with Gasteiger partial charge in [0.1, 0.15) is 6.54 Å². The molecule has 0 fully saturated rings. The lowest BCUT2D eigenvalue weighted by molar-refractivity contribution is 0.0906. The largest absolute Gasteiger partial charge is 0.350 e. The van der Waals surface area contributed by atoms with E-state index < -0.39 is 5.91 Å². The minimum Gasteiger partial charge on any atom is -0.350 e. The van der Waals surface area contributed by atoms with Gasteiger partial charge in [0.2, 0.25) is 0 Å². The fourth-order valence-electron chi connectivity index (χ4n) is 2.07. The van der Waals surface area contributed by atoms with Gasteiger partial charge in [0, 0.05) is 24.6 Å². The summed E-state index contributed by atoms with van der Waals surface area (Å²) in [4.78, 5) is 16.1. The molecule has 0 radical (unpaired) electrons. The van der Waals surface area contributed by atoms with E-state index >= 15 is 0 Å². The Hall–Kier alpha value is -2.42. The number of aryl methyl sites for hydroxylation is 1. The highest BCUT2D eigenvalue weighted by Gasteiger charge is 2.16. The maximum absolute atomic E-state index is 12.1. The summed E-state index contributed by atoms with van der Waals surface area (Å²) in [6, 6.07) is 3.96. The number of hydrogen-bond donors (Lipinski definition) is 1. The summed E-state index contributed by atoms with van der Waals surface area (Å²) in [6.07, 6.45) is 3.45. The summed E-state index contributed by atoms with van der Waals surface area (Å²) < 4.78 is 9.51. The zero-order valence-electron chi connectivity index (χ0n) is 12.7. The van der Waals surface area contributed by atoms with Crippen LogP contribution in [-0.2, 0) is 20.1 Å². The van der Waals surface area contributed by atoms with Crippen molar-refractivity contribution in [3.63, 3.8) is 0 Å². The number of hydrogen-bond acceptors (Lipinski definition) is 5. The molecule has 0 bridgehead atoms.